The predicted molar refractivity (Wildman–Crippen MR) is 91.6 cm³/mol. The van der Waals surface area contributed by atoms with Gasteiger partial charge in [0, 0.05) is 31.1 Å². The van der Waals surface area contributed by atoms with Crippen LogP contribution in [0.15, 0.2) is 0 Å². The zero-order valence-corrected chi connectivity index (χ0v) is 15.7. The molecule has 0 spiro atoms. The number of rotatable bonds is 14. The normalized spacial score (nSPS) is 13.7. The molecule has 1 unspecified atom stereocenters. The summed E-state index contributed by atoms with van der Waals surface area (Å²) in [6, 6.07) is 0.829. The summed E-state index contributed by atoms with van der Waals surface area (Å²) in [5.74, 6) is 0. The van der Waals surface area contributed by atoms with Crippen molar-refractivity contribution in [3.8, 4) is 0 Å². The van der Waals surface area contributed by atoms with Crippen molar-refractivity contribution < 1.29 is 13.3 Å². The van der Waals surface area contributed by atoms with Crippen molar-refractivity contribution in [1.29, 1.82) is 0 Å². The predicted octanol–water partition coefficient (Wildman–Crippen LogP) is 4.69. The zero-order valence-electron chi connectivity index (χ0n) is 13.8. The maximum absolute atomic E-state index is 6.08. The van der Waals surface area contributed by atoms with Gasteiger partial charge in [0.2, 0.25) is 0 Å². The van der Waals surface area contributed by atoms with Gasteiger partial charge in [-0.15, -0.1) is 0 Å². The zero-order chi connectivity index (χ0) is 15.3. The molecule has 0 aromatic carbocycles. The second kappa shape index (κ2) is 13.1. The summed E-state index contributed by atoms with van der Waals surface area (Å²) in [4.78, 5) is 0. The first kappa shape index (κ1) is 20.4. The molecule has 0 saturated heterocycles. The number of unbranched alkanes of at least 4 members (excludes halogenated alkanes) is 1. The maximum atomic E-state index is 6.08. The second-order valence-electron chi connectivity index (χ2n) is 5.23. The monoisotopic (exact) mass is 322 g/mol. The summed E-state index contributed by atoms with van der Waals surface area (Å²) in [5.41, 5.74) is 0. The maximum Gasteiger partial charge on any atom is 0.502 e. The van der Waals surface area contributed by atoms with Crippen LogP contribution in [0.25, 0.3) is 0 Å². The van der Waals surface area contributed by atoms with Crippen LogP contribution in [-0.4, -0.2) is 33.9 Å². The lowest BCUT2D eigenvalue weighted by molar-refractivity contribution is 0.0590. The molecule has 0 aliphatic carbocycles. The summed E-state index contributed by atoms with van der Waals surface area (Å²) in [7, 11) is -2.55. The van der Waals surface area contributed by atoms with E-state index in [1.165, 1.54) is 12.8 Å². The fourth-order valence-corrected chi connectivity index (χ4v) is 5.69. The lowest BCUT2D eigenvalue weighted by Crippen LogP contribution is -2.48. The quantitative estimate of drug-likeness (QED) is 0.371. The molecular formula is C15H34O3SSi. The van der Waals surface area contributed by atoms with Gasteiger partial charge in [0.25, 0.3) is 0 Å². The molecule has 0 radical (unpaired) electrons. The van der Waals surface area contributed by atoms with Crippen LogP contribution in [0.4, 0.5) is 0 Å². The summed E-state index contributed by atoms with van der Waals surface area (Å²) in [6.07, 6.45) is 6.49. The third kappa shape index (κ3) is 9.40. The van der Waals surface area contributed by atoms with Gasteiger partial charge in [-0.2, -0.15) is 12.6 Å². The highest BCUT2D eigenvalue weighted by Gasteiger charge is 2.42. The van der Waals surface area contributed by atoms with Crippen molar-refractivity contribution in [3.63, 3.8) is 0 Å². The van der Waals surface area contributed by atoms with E-state index in [1.54, 1.807) is 0 Å². The van der Waals surface area contributed by atoms with Crippen molar-refractivity contribution in [2.75, 3.05) is 19.8 Å². The minimum atomic E-state index is -2.55. The second-order valence-corrected chi connectivity index (χ2v) is 8.60. The van der Waals surface area contributed by atoms with Crippen LogP contribution in [0.2, 0.25) is 6.04 Å². The lowest BCUT2D eigenvalue weighted by atomic mass is 10.2. The Kier molecular flexibility index (Phi) is 13.4. The first-order valence-corrected chi connectivity index (χ1v) is 10.7. The summed E-state index contributed by atoms with van der Waals surface area (Å²) < 4.78 is 18.2. The Morgan fingerprint density at radius 3 is 1.60 bits per heavy atom. The van der Waals surface area contributed by atoms with Gasteiger partial charge in [-0.3, -0.25) is 0 Å². The van der Waals surface area contributed by atoms with Gasteiger partial charge in [-0.1, -0.05) is 40.5 Å². The molecule has 0 saturated carbocycles. The van der Waals surface area contributed by atoms with Crippen molar-refractivity contribution in [3.05, 3.63) is 0 Å². The standard InChI is InChI=1S/C15H34O3SSi/c1-5-9-10-15(19)14-20(16-11-6-2,17-12-7-3)18-13-8-4/h15,19H,5-14H2,1-4H3. The average Bonchev–Trinajstić information content (AvgIpc) is 2.46. The van der Waals surface area contributed by atoms with E-state index >= 15 is 0 Å². The Morgan fingerprint density at radius 2 is 1.25 bits per heavy atom. The SMILES string of the molecule is CCCCC(S)C[Si](OCCC)(OCCC)OCCC. The molecule has 0 amide bonds. The summed E-state index contributed by atoms with van der Waals surface area (Å²) in [6.45, 7) is 10.7. The molecule has 20 heavy (non-hydrogen) atoms. The molecule has 1 atom stereocenters. The van der Waals surface area contributed by atoms with Crippen LogP contribution in [-0.2, 0) is 13.3 Å². The van der Waals surface area contributed by atoms with Gasteiger partial charge in [0.05, 0.1) is 0 Å². The van der Waals surface area contributed by atoms with Gasteiger partial charge in [-0.05, 0) is 25.7 Å². The molecule has 0 aliphatic rings. The van der Waals surface area contributed by atoms with Crippen LogP contribution in [0.1, 0.15) is 66.2 Å². The Balaban J connectivity index is 4.64. The van der Waals surface area contributed by atoms with E-state index in [9.17, 15) is 0 Å². The Hall–Kier alpha value is 0.447. The van der Waals surface area contributed by atoms with Gasteiger partial charge in [-0.25, -0.2) is 0 Å². The van der Waals surface area contributed by atoms with Gasteiger partial charge in [0.1, 0.15) is 0 Å². The lowest BCUT2D eigenvalue weighted by Gasteiger charge is -2.31. The highest BCUT2D eigenvalue weighted by molar-refractivity contribution is 7.81. The van der Waals surface area contributed by atoms with Crippen LogP contribution in [0, 0.1) is 0 Å². The topological polar surface area (TPSA) is 27.7 Å². The van der Waals surface area contributed by atoms with E-state index < -0.39 is 8.80 Å². The summed E-state index contributed by atoms with van der Waals surface area (Å²) >= 11 is 4.72. The number of thiol groups is 1. The van der Waals surface area contributed by atoms with E-state index in [0.29, 0.717) is 25.1 Å². The Morgan fingerprint density at radius 1 is 0.800 bits per heavy atom. The smallest absolute Gasteiger partial charge is 0.373 e. The van der Waals surface area contributed by atoms with Gasteiger partial charge >= 0.3 is 8.80 Å². The van der Waals surface area contributed by atoms with E-state index in [4.69, 9.17) is 25.9 Å². The highest BCUT2D eigenvalue weighted by Crippen LogP contribution is 2.24. The van der Waals surface area contributed by atoms with E-state index in [0.717, 1.165) is 31.7 Å². The molecule has 0 aliphatic heterocycles. The van der Waals surface area contributed by atoms with Gasteiger partial charge in [0.15, 0.2) is 0 Å². The molecule has 0 bridgehead atoms. The fraction of sp³-hybridized carbons (Fsp3) is 1.00. The molecule has 0 aromatic rings. The van der Waals surface area contributed by atoms with Crippen molar-refractivity contribution in [1.82, 2.24) is 0 Å². The molecule has 0 rings (SSSR count). The molecule has 122 valence electrons. The van der Waals surface area contributed by atoms with Crippen LogP contribution >= 0.6 is 12.6 Å². The Labute approximate surface area is 132 Å². The minimum Gasteiger partial charge on any atom is -0.373 e. The number of hydrogen-bond donors (Lipinski definition) is 1. The van der Waals surface area contributed by atoms with Crippen molar-refractivity contribution >= 4 is 21.4 Å². The third-order valence-electron chi connectivity index (χ3n) is 2.95. The fourth-order valence-electron chi connectivity index (χ4n) is 1.90. The van der Waals surface area contributed by atoms with Crippen molar-refractivity contribution in [2.24, 2.45) is 0 Å². The Bertz CT molecular complexity index is 196. The molecule has 0 N–H and O–H groups in total. The molecule has 5 heteroatoms. The van der Waals surface area contributed by atoms with E-state index in [2.05, 4.69) is 27.7 Å². The van der Waals surface area contributed by atoms with E-state index in [-0.39, 0.29) is 0 Å². The summed E-state index contributed by atoms with van der Waals surface area (Å²) in [5, 5.41) is 0.312. The largest absolute Gasteiger partial charge is 0.502 e. The molecule has 3 nitrogen and oxygen atoms in total. The van der Waals surface area contributed by atoms with Crippen molar-refractivity contribution in [2.45, 2.75) is 77.5 Å². The third-order valence-corrected chi connectivity index (χ3v) is 6.66. The van der Waals surface area contributed by atoms with Crippen LogP contribution in [0.3, 0.4) is 0 Å². The minimum absolute atomic E-state index is 0.312. The van der Waals surface area contributed by atoms with Crippen LogP contribution in [0.5, 0.6) is 0 Å². The molecule has 0 fully saturated rings. The molecular weight excluding hydrogens is 288 g/mol. The van der Waals surface area contributed by atoms with E-state index in [1.807, 2.05) is 0 Å². The average molecular weight is 323 g/mol. The molecule has 0 heterocycles. The number of hydrogen-bond acceptors (Lipinski definition) is 4. The first-order valence-electron chi connectivity index (χ1n) is 8.24. The van der Waals surface area contributed by atoms with Crippen LogP contribution < -0.4 is 0 Å². The highest BCUT2D eigenvalue weighted by atomic mass is 32.1. The first-order chi connectivity index (χ1) is 9.64. The molecule has 0 aromatic heterocycles. The van der Waals surface area contributed by atoms with Gasteiger partial charge < -0.3 is 13.3 Å².